The predicted octanol–water partition coefficient (Wildman–Crippen LogP) is 3.17. The van der Waals surface area contributed by atoms with E-state index in [-0.39, 0.29) is 19.4 Å². The van der Waals surface area contributed by atoms with Crippen molar-refractivity contribution in [1.82, 2.24) is 4.31 Å². The second kappa shape index (κ2) is 6.32. The molecule has 1 aliphatic rings. The fourth-order valence-corrected chi connectivity index (χ4v) is 4.44. The van der Waals surface area contributed by atoms with Gasteiger partial charge in [-0.1, -0.05) is 0 Å². The number of benzene rings is 1. The summed E-state index contributed by atoms with van der Waals surface area (Å²) in [5.41, 5.74) is 0.434. The van der Waals surface area contributed by atoms with Gasteiger partial charge in [-0.15, -0.1) is 0 Å². The highest BCUT2D eigenvalue weighted by molar-refractivity contribution is 7.89. The lowest BCUT2D eigenvalue weighted by atomic mass is 9.99. The Bertz CT molecular complexity index is 762. The van der Waals surface area contributed by atoms with Crippen molar-refractivity contribution in [2.24, 2.45) is 5.92 Å². The molecular formula is C14H17F3N2O4S. The lowest BCUT2D eigenvalue weighted by molar-refractivity contribution is -0.387. The van der Waals surface area contributed by atoms with Crippen molar-refractivity contribution in [1.29, 1.82) is 0 Å². The van der Waals surface area contributed by atoms with E-state index in [0.29, 0.717) is 15.4 Å². The van der Waals surface area contributed by atoms with E-state index in [2.05, 4.69) is 0 Å². The molecule has 1 heterocycles. The fraction of sp³-hybridized carbons (Fsp3) is 0.571. The quantitative estimate of drug-likeness (QED) is 0.608. The van der Waals surface area contributed by atoms with Gasteiger partial charge in [-0.3, -0.25) is 10.1 Å². The molecule has 0 bridgehead atoms. The van der Waals surface area contributed by atoms with Crippen LogP contribution in [0.5, 0.6) is 0 Å². The van der Waals surface area contributed by atoms with Crippen molar-refractivity contribution in [2.75, 3.05) is 13.1 Å². The Morgan fingerprint density at radius 1 is 1.25 bits per heavy atom. The van der Waals surface area contributed by atoms with Crippen LogP contribution in [0.2, 0.25) is 0 Å². The van der Waals surface area contributed by atoms with Crippen LogP contribution in [0.1, 0.15) is 24.0 Å². The Morgan fingerprint density at radius 3 is 2.38 bits per heavy atom. The number of aryl methyl sites for hydroxylation is 2. The summed E-state index contributed by atoms with van der Waals surface area (Å²) in [7, 11) is -4.38. The molecule has 0 saturated carbocycles. The van der Waals surface area contributed by atoms with Crippen LogP contribution in [0, 0.1) is 29.9 Å². The van der Waals surface area contributed by atoms with E-state index < -0.39 is 44.2 Å². The second-order valence-corrected chi connectivity index (χ2v) is 7.81. The van der Waals surface area contributed by atoms with Crippen molar-refractivity contribution >= 4 is 15.7 Å². The highest BCUT2D eigenvalue weighted by atomic mass is 32.2. The summed E-state index contributed by atoms with van der Waals surface area (Å²) in [4.78, 5) is 9.80. The Balaban J connectivity index is 2.47. The van der Waals surface area contributed by atoms with Gasteiger partial charge in [0.2, 0.25) is 10.0 Å². The number of piperidine rings is 1. The maximum atomic E-state index is 12.9. The number of nitro groups is 1. The van der Waals surface area contributed by atoms with E-state index in [1.807, 2.05) is 0 Å². The maximum Gasteiger partial charge on any atom is 0.393 e. The van der Waals surface area contributed by atoms with Gasteiger partial charge < -0.3 is 0 Å². The van der Waals surface area contributed by atoms with Crippen LogP contribution < -0.4 is 0 Å². The smallest absolute Gasteiger partial charge is 0.258 e. The molecule has 24 heavy (non-hydrogen) atoms. The van der Waals surface area contributed by atoms with Crippen LogP contribution >= 0.6 is 0 Å². The standard InChI is InChI=1S/C14H17F3N2O4S/c1-9-6-12(19(20)21)13(7-10(9)2)24(22,23)18-5-3-4-11(8-18)14(15,16)17/h6-7,11H,3-5,8H2,1-2H3/t11-/m1/s1. The molecule has 2 rings (SSSR count). The fourth-order valence-electron chi connectivity index (χ4n) is 2.69. The van der Waals surface area contributed by atoms with Gasteiger partial charge in [-0.05, 0) is 43.9 Å². The number of sulfonamides is 1. The molecule has 1 aromatic rings. The molecule has 10 heteroatoms. The van der Waals surface area contributed by atoms with Gasteiger partial charge >= 0.3 is 6.18 Å². The predicted molar refractivity (Wildman–Crippen MR) is 80.1 cm³/mol. The van der Waals surface area contributed by atoms with Gasteiger partial charge in [0.25, 0.3) is 5.69 Å². The van der Waals surface area contributed by atoms with Crippen LogP contribution in [0.3, 0.4) is 0 Å². The zero-order valence-electron chi connectivity index (χ0n) is 13.1. The number of halogens is 3. The minimum atomic E-state index is -4.50. The zero-order valence-corrected chi connectivity index (χ0v) is 13.9. The summed E-state index contributed by atoms with van der Waals surface area (Å²) in [5, 5.41) is 11.2. The number of nitrogens with zero attached hydrogens (tertiary/aromatic N) is 2. The molecule has 6 nitrogen and oxygen atoms in total. The highest BCUT2D eigenvalue weighted by Crippen LogP contribution is 2.37. The number of nitro benzene ring substituents is 1. The first-order valence-electron chi connectivity index (χ1n) is 7.27. The molecule has 0 N–H and O–H groups in total. The van der Waals surface area contributed by atoms with Crippen LogP contribution in [0.4, 0.5) is 18.9 Å². The first-order chi connectivity index (χ1) is 10.9. The third-order valence-electron chi connectivity index (χ3n) is 4.24. The molecule has 0 amide bonds. The number of hydrogen-bond donors (Lipinski definition) is 0. The van der Waals surface area contributed by atoms with Gasteiger partial charge in [-0.25, -0.2) is 8.42 Å². The first kappa shape index (κ1) is 18.7. The molecule has 134 valence electrons. The van der Waals surface area contributed by atoms with Gasteiger partial charge in [0.05, 0.1) is 10.8 Å². The van der Waals surface area contributed by atoms with Gasteiger partial charge in [0.15, 0.2) is 4.90 Å². The minimum absolute atomic E-state index is 0.0576. The molecule has 1 fully saturated rings. The van der Waals surface area contributed by atoms with E-state index in [4.69, 9.17) is 0 Å². The zero-order chi connectivity index (χ0) is 18.3. The summed E-state index contributed by atoms with van der Waals surface area (Å²) in [6, 6.07) is 2.29. The van der Waals surface area contributed by atoms with Gasteiger partial charge in [0.1, 0.15) is 0 Å². The van der Waals surface area contributed by atoms with Crippen LogP contribution in [0.25, 0.3) is 0 Å². The molecule has 1 aliphatic heterocycles. The third kappa shape index (κ3) is 3.54. The molecule has 0 spiro atoms. The first-order valence-corrected chi connectivity index (χ1v) is 8.71. The van der Waals surface area contributed by atoms with E-state index in [1.54, 1.807) is 13.8 Å². The molecule has 1 atom stereocenters. The average molecular weight is 366 g/mol. The summed E-state index contributed by atoms with van der Waals surface area (Å²) in [6.45, 7) is 2.39. The summed E-state index contributed by atoms with van der Waals surface area (Å²) in [5.74, 6) is -1.76. The summed E-state index contributed by atoms with van der Waals surface area (Å²) in [6.07, 6.45) is -4.59. The molecular weight excluding hydrogens is 349 g/mol. The number of alkyl halides is 3. The van der Waals surface area contributed by atoms with Gasteiger partial charge in [-0.2, -0.15) is 17.5 Å². The van der Waals surface area contributed by atoms with Crippen LogP contribution in [-0.2, 0) is 10.0 Å². The lowest BCUT2D eigenvalue weighted by Gasteiger charge is -2.32. The Morgan fingerprint density at radius 2 is 1.83 bits per heavy atom. The molecule has 1 saturated heterocycles. The third-order valence-corrected chi connectivity index (χ3v) is 6.13. The molecule has 0 aromatic heterocycles. The van der Waals surface area contributed by atoms with Crippen molar-refractivity contribution in [3.05, 3.63) is 33.4 Å². The lowest BCUT2D eigenvalue weighted by Crippen LogP contribution is -2.44. The normalized spacial score (nSPS) is 20.1. The van der Waals surface area contributed by atoms with Crippen molar-refractivity contribution < 1.29 is 26.5 Å². The van der Waals surface area contributed by atoms with E-state index in [0.717, 1.165) is 12.1 Å². The largest absolute Gasteiger partial charge is 0.393 e. The van der Waals surface area contributed by atoms with Crippen LogP contribution in [-0.4, -0.2) is 36.9 Å². The topological polar surface area (TPSA) is 80.5 Å². The minimum Gasteiger partial charge on any atom is -0.258 e. The van der Waals surface area contributed by atoms with Crippen molar-refractivity contribution in [3.8, 4) is 0 Å². The van der Waals surface area contributed by atoms with Crippen LogP contribution in [0.15, 0.2) is 17.0 Å². The Labute approximate surface area is 137 Å². The molecule has 0 aliphatic carbocycles. The van der Waals surface area contributed by atoms with E-state index >= 15 is 0 Å². The Kier molecular flexibility index (Phi) is 4.91. The van der Waals surface area contributed by atoms with Crippen molar-refractivity contribution in [2.45, 2.75) is 37.8 Å². The van der Waals surface area contributed by atoms with Crippen molar-refractivity contribution in [3.63, 3.8) is 0 Å². The molecule has 0 radical (unpaired) electrons. The monoisotopic (exact) mass is 366 g/mol. The Hall–Kier alpha value is -1.68. The SMILES string of the molecule is Cc1cc([N+](=O)[O-])c(S(=O)(=O)N2CCC[C@@H](C(F)(F)F)C2)cc1C. The molecule has 1 aromatic carbocycles. The molecule has 0 unspecified atom stereocenters. The highest BCUT2D eigenvalue weighted by Gasteiger charge is 2.45. The summed E-state index contributed by atoms with van der Waals surface area (Å²) < 4.78 is 64.8. The number of rotatable bonds is 3. The maximum absolute atomic E-state index is 12.9. The van der Waals surface area contributed by atoms with E-state index in [9.17, 15) is 31.7 Å². The van der Waals surface area contributed by atoms with Gasteiger partial charge in [0, 0.05) is 19.2 Å². The number of hydrogen-bond acceptors (Lipinski definition) is 4. The average Bonchev–Trinajstić information content (AvgIpc) is 2.48. The summed E-state index contributed by atoms with van der Waals surface area (Å²) >= 11 is 0. The second-order valence-electron chi connectivity index (χ2n) is 5.91. The van der Waals surface area contributed by atoms with E-state index in [1.165, 1.54) is 0 Å².